The Balaban J connectivity index is 1.53. The number of aromatic nitrogens is 3. The molecule has 2 N–H and O–H groups in total. The zero-order valence-electron chi connectivity index (χ0n) is 18.1. The van der Waals surface area contributed by atoms with E-state index in [9.17, 15) is 13.2 Å². The van der Waals surface area contributed by atoms with Crippen LogP contribution in [0, 0.1) is 27.7 Å². The van der Waals surface area contributed by atoms with Gasteiger partial charge in [-0.15, -0.1) is 0 Å². The average molecular weight is 446 g/mol. The van der Waals surface area contributed by atoms with Crippen LogP contribution in [0.3, 0.4) is 0 Å². The van der Waals surface area contributed by atoms with Crippen LogP contribution < -0.4 is 10.0 Å². The maximum Gasteiger partial charge on any atom is 0.245 e. The van der Waals surface area contributed by atoms with E-state index < -0.39 is 10.0 Å². The van der Waals surface area contributed by atoms with Crippen molar-refractivity contribution in [1.82, 2.24) is 25.0 Å². The zero-order valence-corrected chi connectivity index (χ0v) is 18.9. The summed E-state index contributed by atoms with van der Waals surface area (Å²) >= 11 is 0. The molecule has 0 aliphatic heterocycles. The summed E-state index contributed by atoms with van der Waals surface area (Å²) in [6.07, 6.45) is 0.0128. The van der Waals surface area contributed by atoms with Gasteiger partial charge in [0.15, 0.2) is 5.76 Å². The fourth-order valence-corrected chi connectivity index (χ4v) is 4.76. The number of carbonyl (C=O) groups excluding carboxylic acids is 1. The fraction of sp³-hybridized carbons (Fsp3) is 0.381. The van der Waals surface area contributed by atoms with Crippen molar-refractivity contribution in [3.63, 3.8) is 0 Å². The first-order chi connectivity index (χ1) is 14.7. The highest BCUT2D eigenvalue weighted by Gasteiger charge is 2.24. The maximum atomic E-state index is 12.4. The van der Waals surface area contributed by atoms with Crippen LogP contribution in [0.2, 0.25) is 0 Å². The molecule has 0 radical (unpaired) electrons. The number of hydrogen-bond acceptors (Lipinski definition) is 6. The molecule has 0 unspecified atom stereocenters. The highest BCUT2D eigenvalue weighted by molar-refractivity contribution is 7.89. The number of amides is 1. The van der Waals surface area contributed by atoms with Gasteiger partial charge in [0.05, 0.1) is 12.2 Å². The summed E-state index contributed by atoms with van der Waals surface area (Å²) < 4.78 is 34.0. The van der Waals surface area contributed by atoms with Crippen LogP contribution >= 0.6 is 0 Å². The monoisotopic (exact) mass is 445 g/mol. The van der Waals surface area contributed by atoms with Crippen molar-refractivity contribution in [1.29, 1.82) is 0 Å². The first kappa shape index (κ1) is 22.7. The lowest BCUT2D eigenvalue weighted by atomic mass is 10.2. The van der Waals surface area contributed by atoms with E-state index in [1.807, 2.05) is 48.9 Å². The molecule has 0 fully saturated rings. The predicted molar refractivity (Wildman–Crippen MR) is 115 cm³/mol. The van der Waals surface area contributed by atoms with Crippen LogP contribution in [-0.4, -0.2) is 35.8 Å². The predicted octanol–water partition coefficient (Wildman–Crippen LogP) is 2.14. The molecule has 3 aromatic rings. The minimum absolute atomic E-state index is 0.0128. The summed E-state index contributed by atoms with van der Waals surface area (Å²) in [4.78, 5) is 12.3. The second-order valence-corrected chi connectivity index (χ2v) is 9.07. The number of nitrogens with one attached hydrogen (secondary N) is 2. The molecule has 10 heteroatoms. The highest BCUT2D eigenvalue weighted by Crippen LogP contribution is 2.18. The van der Waals surface area contributed by atoms with Gasteiger partial charge >= 0.3 is 0 Å². The number of benzene rings is 1. The molecular weight excluding hydrogens is 418 g/mol. The Kier molecular flexibility index (Phi) is 6.91. The van der Waals surface area contributed by atoms with Gasteiger partial charge in [-0.2, -0.15) is 5.10 Å². The van der Waals surface area contributed by atoms with Gasteiger partial charge in [0.2, 0.25) is 15.9 Å². The third-order valence-electron chi connectivity index (χ3n) is 5.05. The van der Waals surface area contributed by atoms with Gasteiger partial charge in [0.25, 0.3) is 0 Å². The second-order valence-electron chi connectivity index (χ2n) is 7.37. The Labute approximate surface area is 181 Å². The molecule has 0 aliphatic rings. The van der Waals surface area contributed by atoms with E-state index in [4.69, 9.17) is 4.52 Å². The van der Waals surface area contributed by atoms with E-state index >= 15 is 0 Å². The fourth-order valence-electron chi connectivity index (χ4n) is 3.40. The molecule has 2 aromatic heterocycles. The minimum Gasteiger partial charge on any atom is -0.360 e. The van der Waals surface area contributed by atoms with Crippen molar-refractivity contribution < 1.29 is 17.7 Å². The molecule has 0 spiro atoms. The standard InChI is InChI=1S/C21H27N5O4S/c1-14-19(16(3)26(24-14)13-18-8-6-5-7-9-18)12-22-20(27)10-11-23-31(28,29)21-15(2)25-30-17(21)4/h5-9,23H,10-13H2,1-4H3,(H,22,27). The number of nitrogens with zero attached hydrogens (tertiary/aromatic N) is 3. The van der Waals surface area contributed by atoms with E-state index in [-0.39, 0.29) is 35.2 Å². The number of aryl methyl sites for hydroxylation is 3. The zero-order chi connectivity index (χ0) is 22.6. The molecular formula is C21H27N5O4S. The van der Waals surface area contributed by atoms with Crippen molar-refractivity contribution in [3.05, 3.63) is 64.3 Å². The average Bonchev–Trinajstić information content (AvgIpc) is 3.19. The van der Waals surface area contributed by atoms with Gasteiger partial charge in [0.1, 0.15) is 10.6 Å². The molecule has 0 aliphatic carbocycles. The lowest BCUT2D eigenvalue weighted by molar-refractivity contribution is -0.121. The first-order valence-electron chi connectivity index (χ1n) is 9.95. The van der Waals surface area contributed by atoms with Gasteiger partial charge in [-0.3, -0.25) is 9.48 Å². The molecule has 2 heterocycles. The normalized spacial score (nSPS) is 11.6. The van der Waals surface area contributed by atoms with Crippen LogP contribution in [0.15, 0.2) is 39.8 Å². The SMILES string of the molecule is Cc1nn(Cc2ccccc2)c(C)c1CNC(=O)CCNS(=O)(=O)c1c(C)noc1C. The minimum atomic E-state index is -3.78. The van der Waals surface area contributed by atoms with Gasteiger partial charge < -0.3 is 9.84 Å². The highest BCUT2D eigenvalue weighted by atomic mass is 32.2. The number of hydrogen-bond donors (Lipinski definition) is 2. The topological polar surface area (TPSA) is 119 Å². The Morgan fingerprint density at radius 2 is 1.81 bits per heavy atom. The van der Waals surface area contributed by atoms with E-state index in [1.165, 1.54) is 6.92 Å². The molecule has 31 heavy (non-hydrogen) atoms. The number of sulfonamides is 1. The summed E-state index contributed by atoms with van der Waals surface area (Å²) in [5.41, 5.74) is 4.23. The number of carbonyl (C=O) groups is 1. The van der Waals surface area contributed by atoms with E-state index in [0.717, 1.165) is 22.5 Å². The Morgan fingerprint density at radius 3 is 2.45 bits per heavy atom. The Bertz CT molecular complexity index is 1150. The Hall–Kier alpha value is -2.98. The molecule has 0 saturated heterocycles. The van der Waals surface area contributed by atoms with Crippen LogP contribution in [0.4, 0.5) is 0 Å². The summed E-state index contributed by atoms with van der Waals surface area (Å²) in [6.45, 7) is 7.94. The molecule has 166 valence electrons. The van der Waals surface area contributed by atoms with Crippen molar-refractivity contribution in [2.75, 3.05) is 6.54 Å². The lowest BCUT2D eigenvalue weighted by Gasteiger charge is -2.08. The maximum absolute atomic E-state index is 12.4. The quantitative estimate of drug-likeness (QED) is 0.521. The third-order valence-corrected chi connectivity index (χ3v) is 6.75. The summed E-state index contributed by atoms with van der Waals surface area (Å²) in [5, 5.41) is 11.1. The van der Waals surface area contributed by atoms with Crippen molar-refractivity contribution >= 4 is 15.9 Å². The summed E-state index contributed by atoms with van der Waals surface area (Å²) in [6, 6.07) is 10.0. The van der Waals surface area contributed by atoms with Crippen LogP contribution in [0.5, 0.6) is 0 Å². The first-order valence-corrected chi connectivity index (χ1v) is 11.4. The van der Waals surface area contributed by atoms with E-state index in [0.29, 0.717) is 13.1 Å². The van der Waals surface area contributed by atoms with Crippen LogP contribution in [0.1, 0.15) is 40.4 Å². The molecule has 3 rings (SSSR count). The molecule has 0 saturated carbocycles. The summed E-state index contributed by atoms with van der Waals surface area (Å²) in [7, 11) is -3.78. The van der Waals surface area contributed by atoms with E-state index in [1.54, 1.807) is 6.92 Å². The van der Waals surface area contributed by atoms with Gasteiger partial charge in [-0.05, 0) is 33.3 Å². The van der Waals surface area contributed by atoms with E-state index in [2.05, 4.69) is 20.3 Å². The van der Waals surface area contributed by atoms with Gasteiger partial charge in [0, 0.05) is 30.8 Å². The number of rotatable bonds is 9. The van der Waals surface area contributed by atoms with Crippen molar-refractivity contribution in [3.8, 4) is 0 Å². The third kappa shape index (κ3) is 5.39. The molecule has 1 amide bonds. The lowest BCUT2D eigenvalue weighted by Crippen LogP contribution is -2.31. The van der Waals surface area contributed by atoms with Crippen molar-refractivity contribution in [2.24, 2.45) is 0 Å². The summed E-state index contributed by atoms with van der Waals surface area (Å²) in [5.74, 6) is -0.0380. The smallest absolute Gasteiger partial charge is 0.245 e. The molecule has 0 bridgehead atoms. The van der Waals surface area contributed by atoms with Crippen LogP contribution in [0.25, 0.3) is 0 Å². The molecule has 0 atom stereocenters. The Morgan fingerprint density at radius 1 is 1.10 bits per heavy atom. The van der Waals surface area contributed by atoms with Crippen molar-refractivity contribution in [2.45, 2.75) is 52.1 Å². The largest absolute Gasteiger partial charge is 0.360 e. The van der Waals surface area contributed by atoms with Gasteiger partial charge in [-0.1, -0.05) is 35.5 Å². The van der Waals surface area contributed by atoms with Crippen LogP contribution in [-0.2, 0) is 27.9 Å². The molecule has 1 aromatic carbocycles. The van der Waals surface area contributed by atoms with Gasteiger partial charge in [-0.25, -0.2) is 13.1 Å². The molecule has 9 nitrogen and oxygen atoms in total. The second kappa shape index (κ2) is 9.44.